The molecule has 0 bridgehead atoms. The van der Waals surface area contributed by atoms with Gasteiger partial charge in [0.25, 0.3) is 0 Å². The van der Waals surface area contributed by atoms with Gasteiger partial charge in [-0.25, -0.2) is 8.42 Å². The van der Waals surface area contributed by atoms with Gasteiger partial charge in [-0.1, -0.05) is 23.7 Å². The topological polar surface area (TPSA) is 54.5 Å². The molecule has 0 amide bonds. The first-order chi connectivity index (χ1) is 8.89. The summed E-state index contributed by atoms with van der Waals surface area (Å²) in [5.41, 5.74) is 0.491. The fourth-order valence-corrected chi connectivity index (χ4v) is 4.09. The highest BCUT2D eigenvalue weighted by Gasteiger charge is 2.29. The van der Waals surface area contributed by atoms with Crippen LogP contribution in [-0.4, -0.2) is 49.7 Å². The monoisotopic (exact) mass is 301 g/mol. The molecule has 4 nitrogen and oxygen atoms in total. The molecular weight excluding hydrogens is 286 g/mol. The van der Waals surface area contributed by atoms with Crippen LogP contribution in [0, 0.1) is 0 Å². The van der Waals surface area contributed by atoms with Gasteiger partial charge >= 0.3 is 0 Å². The summed E-state index contributed by atoms with van der Waals surface area (Å²) in [4.78, 5) is 14.1. The summed E-state index contributed by atoms with van der Waals surface area (Å²) in [5.74, 6) is 0.160. The number of benzene rings is 1. The zero-order valence-electron chi connectivity index (χ0n) is 10.7. The Balaban J connectivity index is 2.06. The molecule has 1 unspecified atom stereocenters. The van der Waals surface area contributed by atoms with Gasteiger partial charge in [0.15, 0.2) is 15.6 Å². The molecule has 0 radical (unpaired) electrons. The van der Waals surface area contributed by atoms with Crippen molar-refractivity contribution in [1.29, 1.82) is 0 Å². The van der Waals surface area contributed by atoms with Crippen molar-refractivity contribution in [3.8, 4) is 0 Å². The van der Waals surface area contributed by atoms with E-state index in [0.717, 1.165) is 0 Å². The van der Waals surface area contributed by atoms with Crippen molar-refractivity contribution >= 4 is 27.2 Å². The van der Waals surface area contributed by atoms with Crippen LogP contribution in [0.4, 0.5) is 0 Å². The fraction of sp³-hybridized carbons (Fsp3) is 0.462. The highest BCUT2D eigenvalue weighted by Crippen LogP contribution is 2.18. The fourth-order valence-electron chi connectivity index (χ4n) is 2.22. The highest BCUT2D eigenvalue weighted by molar-refractivity contribution is 7.91. The van der Waals surface area contributed by atoms with E-state index in [9.17, 15) is 13.2 Å². The van der Waals surface area contributed by atoms with Crippen LogP contribution < -0.4 is 0 Å². The van der Waals surface area contributed by atoms with E-state index >= 15 is 0 Å². The molecule has 0 saturated carbocycles. The van der Waals surface area contributed by atoms with Crippen LogP contribution in [-0.2, 0) is 9.84 Å². The molecular formula is C13H16ClNO3S. The molecule has 1 aromatic rings. The Kier molecular flexibility index (Phi) is 4.28. The first kappa shape index (κ1) is 14.5. The Morgan fingerprint density at radius 2 is 2.11 bits per heavy atom. The molecule has 104 valence electrons. The second kappa shape index (κ2) is 5.61. The number of ketones is 1. The molecule has 1 aromatic carbocycles. The first-order valence-electron chi connectivity index (χ1n) is 6.11. The van der Waals surface area contributed by atoms with E-state index in [1.165, 1.54) is 0 Å². The van der Waals surface area contributed by atoms with Crippen molar-refractivity contribution in [2.45, 2.75) is 13.0 Å². The summed E-state index contributed by atoms with van der Waals surface area (Å²) < 4.78 is 23.0. The SMILES string of the molecule is CC1CS(=O)(=O)CCN1CC(=O)c1ccccc1Cl. The maximum absolute atomic E-state index is 12.2. The van der Waals surface area contributed by atoms with Crippen molar-refractivity contribution in [3.05, 3.63) is 34.9 Å². The van der Waals surface area contributed by atoms with Gasteiger partial charge in [-0.2, -0.15) is 0 Å². The average molecular weight is 302 g/mol. The van der Waals surface area contributed by atoms with Gasteiger partial charge in [0.2, 0.25) is 0 Å². The lowest BCUT2D eigenvalue weighted by Crippen LogP contribution is -2.48. The van der Waals surface area contributed by atoms with Crippen LogP contribution in [0.15, 0.2) is 24.3 Å². The Morgan fingerprint density at radius 3 is 2.74 bits per heavy atom. The standard InChI is InChI=1S/C13H16ClNO3S/c1-10-9-19(17,18)7-6-15(10)8-13(16)11-4-2-3-5-12(11)14/h2-5,10H,6-9H2,1H3. The summed E-state index contributed by atoms with van der Waals surface area (Å²) in [6.07, 6.45) is 0. The van der Waals surface area contributed by atoms with Crippen LogP contribution in [0.5, 0.6) is 0 Å². The maximum Gasteiger partial charge on any atom is 0.178 e. The van der Waals surface area contributed by atoms with Gasteiger partial charge in [-0.05, 0) is 19.1 Å². The largest absolute Gasteiger partial charge is 0.293 e. The van der Waals surface area contributed by atoms with E-state index in [4.69, 9.17) is 11.6 Å². The number of nitrogens with zero attached hydrogens (tertiary/aromatic N) is 1. The molecule has 2 rings (SSSR count). The smallest absolute Gasteiger partial charge is 0.178 e. The highest BCUT2D eigenvalue weighted by atomic mass is 35.5. The van der Waals surface area contributed by atoms with E-state index in [2.05, 4.69) is 0 Å². The summed E-state index contributed by atoms with van der Waals surface area (Å²) >= 11 is 5.98. The Hall–Kier alpha value is -0.910. The van der Waals surface area contributed by atoms with Crippen LogP contribution in [0.2, 0.25) is 5.02 Å². The number of halogens is 1. The summed E-state index contributed by atoms with van der Waals surface area (Å²) in [6, 6.07) is 6.78. The van der Waals surface area contributed by atoms with Gasteiger partial charge in [0, 0.05) is 18.2 Å². The molecule has 0 N–H and O–H groups in total. The van der Waals surface area contributed by atoms with Crippen LogP contribution in [0.1, 0.15) is 17.3 Å². The van der Waals surface area contributed by atoms with Crippen molar-refractivity contribution in [1.82, 2.24) is 4.90 Å². The minimum Gasteiger partial charge on any atom is -0.293 e. The molecule has 1 fully saturated rings. The van der Waals surface area contributed by atoms with E-state index in [-0.39, 0.29) is 29.9 Å². The number of rotatable bonds is 3. The predicted molar refractivity (Wildman–Crippen MR) is 75.5 cm³/mol. The lowest BCUT2D eigenvalue weighted by Gasteiger charge is -2.32. The van der Waals surface area contributed by atoms with Crippen LogP contribution >= 0.6 is 11.6 Å². The molecule has 1 aliphatic rings. The van der Waals surface area contributed by atoms with Crippen LogP contribution in [0.3, 0.4) is 0 Å². The number of carbonyl (C=O) groups is 1. The molecule has 0 spiro atoms. The number of carbonyl (C=O) groups excluding carboxylic acids is 1. The lowest BCUT2D eigenvalue weighted by atomic mass is 10.1. The van der Waals surface area contributed by atoms with Crippen molar-refractivity contribution in [3.63, 3.8) is 0 Å². The normalized spacial score (nSPS) is 23.2. The number of hydrogen-bond acceptors (Lipinski definition) is 4. The Labute approximate surface area is 118 Å². The van der Waals surface area contributed by atoms with E-state index in [0.29, 0.717) is 17.1 Å². The molecule has 19 heavy (non-hydrogen) atoms. The zero-order chi connectivity index (χ0) is 14.0. The zero-order valence-corrected chi connectivity index (χ0v) is 12.2. The van der Waals surface area contributed by atoms with Crippen molar-refractivity contribution in [2.24, 2.45) is 0 Å². The molecule has 0 aromatic heterocycles. The minimum absolute atomic E-state index is 0.0725. The van der Waals surface area contributed by atoms with E-state index in [1.54, 1.807) is 24.3 Å². The molecule has 1 atom stereocenters. The van der Waals surface area contributed by atoms with Gasteiger partial charge in [-0.3, -0.25) is 9.69 Å². The molecule has 0 aliphatic carbocycles. The van der Waals surface area contributed by atoms with E-state index in [1.807, 2.05) is 11.8 Å². The number of sulfone groups is 1. The van der Waals surface area contributed by atoms with Gasteiger partial charge < -0.3 is 0 Å². The van der Waals surface area contributed by atoms with Gasteiger partial charge in [-0.15, -0.1) is 0 Å². The third-order valence-corrected chi connectivity index (χ3v) is 5.45. The number of Topliss-reactive ketones (excluding diaryl/α,β-unsaturated/α-hetero) is 1. The Morgan fingerprint density at radius 1 is 1.42 bits per heavy atom. The van der Waals surface area contributed by atoms with Gasteiger partial charge in [0.05, 0.1) is 23.1 Å². The second-order valence-corrected chi connectivity index (χ2v) is 7.47. The molecule has 1 saturated heterocycles. The summed E-state index contributed by atoms with van der Waals surface area (Å²) in [6.45, 7) is 2.44. The molecule has 1 aliphatic heterocycles. The van der Waals surface area contributed by atoms with Crippen LogP contribution in [0.25, 0.3) is 0 Å². The van der Waals surface area contributed by atoms with Crippen molar-refractivity contribution in [2.75, 3.05) is 24.6 Å². The first-order valence-corrected chi connectivity index (χ1v) is 8.31. The summed E-state index contributed by atoms with van der Waals surface area (Å²) in [7, 11) is -2.95. The third kappa shape index (κ3) is 3.55. The number of hydrogen-bond donors (Lipinski definition) is 0. The summed E-state index contributed by atoms with van der Waals surface area (Å²) in [5, 5.41) is 0.435. The lowest BCUT2D eigenvalue weighted by molar-refractivity contribution is 0.0908. The van der Waals surface area contributed by atoms with Crippen molar-refractivity contribution < 1.29 is 13.2 Å². The van der Waals surface area contributed by atoms with Gasteiger partial charge in [0.1, 0.15) is 0 Å². The maximum atomic E-state index is 12.2. The third-order valence-electron chi connectivity index (χ3n) is 3.33. The minimum atomic E-state index is -2.95. The Bertz CT molecular complexity index is 585. The quantitative estimate of drug-likeness (QED) is 0.797. The predicted octanol–water partition coefficient (Wildman–Crippen LogP) is 1.64. The van der Waals surface area contributed by atoms with E-state index < -0.39 is 9.84 Å². The second-order valence-electron chi connectivity index (χ2n) is 4.84. The molecule has 6 heteroatoms. The average Bonchev–Trinajstić information content (AvgIpc) is 2.32. The molecule has 1 heterocycles.